The molecule has 2 atom stereocenters. The lowest BCUT2D eigenvalue weighted by Gasteiger charge is -2.48. The second kappa shape index (κ2) is 6.64. The first-order valence-corrected chi connectivity index (χ1v) is 9.08. The van der Waals surface area contributed by atoms with E-state index in [1.807, 2.05) is 12.1 Å². The Morgan fingerprint density at radius 2 is 2.00 bits per heavy atom. The molecule has 1 N–H and O–H groups in total. The first kappa shape index (κ1) is 16.5. The zero-order valence-corrected chi connectivity index (χ0v) is 14.4. The van der Waals surface area contributed by atoms with Crippen molar-refractivity contribution >= 4 is 5.97 Å². The van der Waals surface area contributed by atoms with Gasteiger partial charge in [-0.15, -0.1) is 0 Å². The van der Waals surface area contributed by atoms with Crippen LogP contribution in [0.15, 0.2) is 24.3 Å². The lowest BCUT2D eigenvalue weighted by atomic mass is 9.67. The number of carboxylic acid groups (broad SMARTS) is 1. The molecule has 0 bridgehead atoms. The summed E-state index contributed by atoms with van der Waals surface area (Å²) in [7, 11) is 0. The number of hydrogen-bond acceptors (Lipinski definition) is 2. The Morgan fingerprint density at radius 1 is 1.26 bits per heavy atom. The van der Waals surface area contributed by atoms with Crippen molar-refractivity contribution in [2.24, 2.45) is 5.92 Å². The van der Waals surface area contributed by atoms with Gasteiger partial charge in [-0.3, -0.25) is 0 Å². The quantitative estimate of drug-likeness (QED) is 0.903. The van der Waals surface area contributed by atoms with Gasteiger partial charge < -0.3 is 10.0 Å². The minimum atomic E-state index is -0.831. The molecule has 1 aliphatic carbocycles. The summed E-state index contributed by atoms with van der Waals surface area (Å²) in [6.07, 6.45) is 8.00. The zero-order valence-electron chi connectivity index (χ0n) is 14.4. The van der Waals surface area contributed by atoms with E-state index in [1.165, 1.54) is 37.7 Å². The fourth-order valence-corrected chi connectivity index (χ4v) is 4.48. The van der Waals surface area contributed by atoms with E-state index in [0.717, 1.165) is 25.6 Å². The van der Waals surface area contributed by atoms with Crippen molar-refractivity contribution in [2.75, 3.05) is 13.1 Å². The van der Waals surface area contributed by atoms with Crippen molar-refractivity contribution in [1.82, 2.24) is 4.90 Å². The Kier molecular flexibility index (Phi) is 4.77. The third-order valence-electron chi connectivity index (χ3n) is 6.37. The minimum Gasteiger partial charge on any atom is -0.478 e. The lowest BCUT2D eigenvalue weighted by Crippen LogP contribution is -2.51. The van der Waals surface area contributed by atoms with E-state index in [9.17, 15) is 9.90 Å². The van der Waals surface area contributed by atoms with Crippen molar-refractivity contribution in [3.8, 4) is 0 Å². The largest absolute Gasteiger partial charge is 0.478 e. The van der Waals surface area contributed by atoms with Crippen molar-refractivity contribution in [3.63, 3.8) is 0 Å². The third-order valence-corrected chi connectivity index (χ3v) is 6.37. The van der Waals surface area contributed by atoms with E-state index in [0.29, 0.717) is 11.5 Å². The summed E-state index contributed by atoms with van der Waals surface area (Å²) < 4.78 is 0. The van der Waals surface area contributed by atoms with Gasteiger partial charge >= 0.3 is 5.97 Å². The van der Waals surface area contributed by atoms with Crippen LogP contribution in [0.1, 0.15) is 68.3 Å². The van der Waals surface area contributed by atoms with Crippen LogP contribution in [0.2, 0.25) is 0 Å². The highest BCUT2D eigenvalue weighted by atomic mass is 16.4. The van der Waals surface area contributed by atoms with E-state index in [1.54, 1.807) is 6.07 Å². The summed E-state index contributed by atoms with van der Waals surface area (Å²) in [5, 5.41) is 9.26. The van der Waals surface area contributed by atoms with Crippen LogP contribution in [0.4, 0.5) is 0 Å². The van der Waals surface area contributed by atoms with Crippen LogP contribution in [0.3, 0.4) is 0 Å². The van der Waals surface area contributed by atoms with Crippen molar-refractivity contribution in [3.05, 3.63) is 35.4 Å². The van der Waals surface area contributed by atoms with Gasteiger partial charge in [-0.2, -0.15) is 0 Å². The topological polar surface area (TPSA) is 40.5 Å². The van der Waals surface area contributed by atoms with Crippen LogP contribution >= 0.6 is 0 Å². The second-order valence-corrected chi connectivity index (χ2v) is 7.74. The van der Waals surface area contributed by atoms with E-state index >= 15 is 0 Å². The van der Waals surface area contributed by atoms with Gasteiger partial charge in [0.2, 0.25) is 0 Å². The van der Waals surface area contributed by atoms with Crippen LogP contribution in [0.5, 0.6) is 0 Å². The molecule has 2 aliphatic rings. The van der Waals surface area contributed by atoms with Gasteiger partial charge in [-0.1, -0.05) is 45.2 Å². The summed E-state index contributed by atoms with van der Waals surface area (Å²) in [6, 6.07) is 8.36. The number of hydrogen-bond donors (Lipinski definition) is 1. The predicted molar refractivity (Wildman–Crippen MR) is 93.0 cm³/mol. The summed E-state index contributed by atoms with van der Waals surface area (Å²) in [4.78, 5) is 14.0. The molecule has 1 aromatic rings. The predicted octanol–water partition coefficient (Wildman–Crippen LogP) is 4.32. The smallest absolute Gasteiger partial charge is 0.335 e. The fourth-order valence-electron chi connectivity index (χ4n) is 4.48. The number of carbonyl (C=O) groups is 1. The van der Waals surface area contributed by atoms with Crippen LogP contribution in [-0.4, -0.2) is 35.1 Å². The number of benzene rings is 1. The highest BCUT2D eigenvalue weighted by molar-refractivity contribution is 5.87. The zero-order chi connectivity index (χ0) is 16.4. The average Bonchev–Trinajstić information content (AvgIpc) is 2.58. The van der Waals surface area contributed by atoms with Gasteiger partial charge in [0.05, 0.1) is 5.56 Å². The van der Waals surface area contributed by atoms with Crippen LogP contribution in [0, 0.1) is 5.92 Å². The summed E-state index contributed by atoms with van der Waals surface area (Å²) >= 11 is 0. The summed E-state index contributed by atoms with van der Waals surface area (Å²) in [5.74, 6) is -0.287. The molecule has 0 aromatic heterocycles. The summed E-state index contributed by atoms with van der Waals surface area (Å²) in [5.41, 5.74) is 1.68. The molecule has 2 unspecified atom stereocenters. The molecular weight excluding hydrogens is 286 g/mol. The number of likely N-dealkylation sites (tertiary alicyclic amines) is 1. The number of nitrogens with zero attached hydrogens (tertiary/aromatic N) is 1. The molecule has 0 amide bonds. The number of carboxylic acids is 1. The van der Waals surface area contributed by atoms with Gasteiger partial charge in [0.15, 0.2) is 0 Å². The molecule has 0 radical (unpaired) electrons. The monoisotopic (exact) mass is 315 g/mol. The molecule has 1 aromatic carbocycles. The molecule has 1 aliphatic heterocycles. The lowest BCUT2D eigenvalue weighted by molar-refractivity contribution is 0.0591. The van der Waals surface area contributed by atoms with Gasteiger partial charge in [0.1, 0.15) is 0 Å². The van der Waals surface area contributed by atoms with Crippen LogP contribution < -0.4 is 0 Å². The maximum atomic E-state index is 11.3. The number of rotatable bonds is 3. The first-order chi connectivity index (χ1) is 11.0. The van der Waals surface area contributed by atoms with Gasteiger partial charge in [0, 0.05) is 12.6 Å². The van der Waals surface area contributed by atoms with Crippen LogP contribution in [0.25, 0.3) is 0 Å². The van der Waals surface area contributed by atoms with Gasteiger partial charge in [-0.05, 0) is 54.8 Å². The Bertz CT molecular complexity index is 565. The van der Waals surface area contributed by atoms with Crippen molar-refractivity contribution in [1.29, 1.82) is 0 Å². The van der Waals surface area contributed by atoms with Crippen LogP contribution in [-0.2, 0) is 5.41 Å². The van der Waals surface area contributed by atoms with Crippen molar-refractivity contribution < 1.29 is 9.90 Å². The molecule has 0 spiro atoms. The Morgan fingerprint density at radius 3 is 2.65 bits per heavy atom. The molecule has 3 nitrogen and oxygen atoms in total. The summed E-state index contributed by atoms with van der Waals surface area (Å²) in [6.45, 7) is 6.93. The minimum absolute atomic E-state index is 0.0800. The van der Waals surface area contributed by atoms with Gasteiger partial charge in [-0.25, -0.2) is 4.79 Å². The van der Waals surface area contributed by atoms with Crippen molar-refractivity contribution in [2.45, 2.75) is 63.8 Å². The first-order valence-electron chi connectivity index (χ1n) is 9.08. The second-order valence-electron chi connectivity index (χ2n) is 7.74. The molecule has 126 valence electrons. The molecule has 3 rings (SSSR count). The third kappa shape index (κ3) is 3.30. The highest BCUT2D eigenvalue weighted by Gasteiger charge is 2.39. The molecule has 1 saturated carbocycles. The fraction of sp³-hybridized carbons (Fsp3) is 0.650. The van der Waals surface area contributed by atoms with E-state index < -0.39 is 5.97 Å². The molecule has 1 saturated heterocycles. The van der Waals surface area contributed by atoms with E-state index in [4.69, 9.17) is 0 Å². The Hall–Kier alpha value is -1.35. The Balaban J connectivity index is 1.75. The molecule has 1 heterocycles. The molecule has 3 heteroatoms. The standard InChI is InChI=1S/C20H29NO2/c1-15-14-21(18-9-4-3-5-10-18)12-11-20(15,2)17-8-6-7-16(13-17)19(22)23/h6-8,13,15,18H,3-5,9-12,14H2,1-2H3,(H,22,23). The average molecular weight is 315 g/mol. The normalized spacial score (nSPS) is 30.3. The highest BCUT2D eigenvalue weighted by Crippen LogP contribution is 2.41. The van der Waals surface area contributed by atoms with E-state index in [-0.39, 0.29) is 5.41 Å². The Labute approximate surface area is 139 Å². The number of piperidine rings is 1. The molecule has 23 heavy (non-hydrogen) atoms. The molecular formula is C20H29NO2. The SMILES string of the molecule is CC1CN(C2CCCCC2)CCC1(C)c1cccc(C(=O)O)c1. The number of aromatic carboxylic acids is 1. The maximum Gasteiger partial charge on any atom is 0.335 e. The molecule has 2 fully saturated rings. The van der Waals surface area contributed by atoms with Gasteiger partial charge in [0.25, 0.3) is 0 Å². The maximum absolute atomic E-state index is 11.3. The van der Waals surface area contributed by atoms with E-state index in [2.05, 4.69) is 24.8 Å².